The van der Waals surface area contributed by atoms with Gasteiger partial charge in [0.15, 0.2) is 0 Å². The first-order chi connectivity index (χ1) is 15.2. The zero-order valence-corrected chi connectivity index (χ0v) is 20.1. The SMILES string of the molecule is CC(C)(c1nc(-c2ccccc2)c(CCl)s1)c1c(Cl)cc(-n2ncc(=O)[nH]c2=O)cc1Cl. The molecular formula is C22H17Cl3N4O2S. The Balaban J connectivity index is 1.82. The minimum Gasteiger partial charge on any atom is -0.271 e. The van der Waals surface area contributed by atoms with Crippen LogP contribution >= 0.6 is 46.1 Å². The molecule has 2 aromatic heterocycles. The number of halogens is 3. The number of hydrogen-bond acceptors (Lipinski definition) is 5. The number of aromatic amines is 1. The summed E-state index contributed by atoms with van der Waals surface area (Å²) in [7, 11) is 0. The third-order valence-electron chi connectivity index (χ3n) is 5.01. The number of alkyl halides is 1. The molecule has 6 nitrogen and oxygen atoms in total. The molecule has 0 atom stereocenters. The zero-order valence-electron chi connectivity index (χ0n) is 17.0. The van der Waals surface area contributed by atoms with Crippen molar-refractivity contribution in [3.05, 3.63) is 95.0 Å². The number of aromatic nitrogens is 4. The fourth-order valence-electron chi connectivity index (χ4n) is 3.45. The second kappa shape index (κ2) is 8.83. The summed E-state index contributed by atoms with van der Waals surface area (Å²) < 4.78 is 1.03. The standard InChI is InChI=1S/C22H17Cl3N4O2S/c1-22(2,20-28-19(16(10-23)32-20)12-6-4-3-5-7-12)18-14(24)8-13(9-15(18)25)29-21(31)27-17(30)11-26-29/h3-9,11H,10H2,1-2H3,(H,27,30,31). The number of benzene rings is 2. The highest BCUT2D eigenvalue weighted by Crippen LogP contribution is 2.44. The highest BCUT2D eigenvalue weighted by molar-refractivity contribution is 7.12. The van der Waals surface area contributed by atoms with Crippen molar-refractivity contribution in [1.82, 2.24) is 19.7 Å². The minimum atomic E-state index is -0.684. The van der Waals surface area contributed by atoms with Crippen LogP contribution < -0.4 is 11.2 Å². The van der Waals surface area contributed by atoms with E-state index in [-0.39, 0.29) is 0 Å². The van der Waals surface area contributed by atoms with Gasteiger partial charge in [-0.25, -0.2) is 9.78 Å². The Hall–Kier alpha value is -2.45. The van der Waals surface area contributed by atoms with Gasteiger partial charge in [-0.3, -0.25) is 9.78 Å². The zero-order chi connectivity index (χ0) is 23.0. The molecule has 2 heterocycles. The first-order valence-electron chi connectivity index (χ1n) is 9.52. The average molecular weight is 508 g/mol. The van der Waals surface area contributed by atoms with Crippen LogP contribution in [-0.4, -0.2) is 19.7 Å². The minimum absolute atomic E-state index is 0.333. The van der Waals surface area contributed by atoms with Crippen LogP contribution in [0, 0.1) is 0 Å². The molecule has 0 aliphatic heterocycles. The molecule has 4 aromatic rings. The van der Waals surface area contributed by atoms with Crippen molar-refractivity contribution < 1.29 is 0 Å². The molecule has 0 unspecified atom stereocenters. The van der Waals surface area contributed by atoms with E-state index in [9.17, 15) is 9.59 Å². The maximum Gasteiger partial charge on any atom is 0.349 e. The number of thiazole rings is 1. The number of hydrogen-bond donors (Lipinski definition) is 1. The van der Waals surface area contributed by atoms with Gasteiger partial charge in [-0.05, 0) is 26.0 Å². The van der Waals surface area contributed by atoms with Crippen molar-refractivity contribution in [3.63, 3.8) is 0 Å². The summed E-state index contributed by atoms with van der Waals surface area (Å²) >= 11 is 21.0. The number of nitrogens with one attached hydrogen (secondary N) is 1. The molecule has 10 heteroatoms. The molecule has 0 saturated carbocycles. The predicted octanol–water partition coefficient (Wildman–Crippen LogP) is 5.42. The van der Waals surface area contributed by atoms with Crippen molar-refractivity contribution in [3.8, 4) is 16.9 Å². The van der Waals surface area contributed by atoms with E-state index in [1.807, 2.05) is 44.2 Å². The summed E-state index contributed by atoms with van der Waals surface area (Å²) in [6.07, 6.45) is 1.01. The maximum absolute atomic E-state index is 12.1. The van der Waals surface area contributed by atoms with Crippen LogP contribution in [0.25, 0.3) is 16.9 Å². The molecule has 0 saturated heterocycles. The summed E-state index contributed by atoms with van der Waals surface area (Å²) in [6.45, 7) is 3.96. The highest BCUT2D eigenvalue weighted by atomic mass is 35.5. The fraction of sp³-hybridized carbons (Fsp3) is 0.182. The lowest BCUT2D eigenvalue weighted by molar-refractivity contribution is 0.635. The second-order valence-corrected chi connectivity index (χ2v) is 9.72. The molecule has 1 N–H and O–H groups in total. The lowest BCUT2D eigenvalue weighted by Crippen LogP contribution is -2.30. The van der Waals surface area contributed by atoms with Crippen LogP contribution in [0.5, 0.6) is 0 Å². The van der Waals surface area contributed by atoms with Crippen molar-refractivity contribution in [2.24, 2.45) is 0 Å². The van der Waals surface area contributed by atoms with E-state index in [1.165, 1.54) is 11.3 Å². The quantitative estimate of drug-likeness (QED) is 0.366. The van der Waals surface area contributed by atoms with Gasteiger partial charge in [0.05, 0.1) is 17.3 Å². The van der Waals surface area contributed by atoms with Crippen LogP contribution in [0.1, 0.15) is 29.3 Å². The monoisotopic (exact) mass is 506 g/mol. The smallest absolute Gasteiger partial charge is 0.271 e. The molecule has 0 amide bonds. The van der Waals surface area contributed by atoms with E-state index < -0.39 is 16.7 Å². The van der Waals surface area contributed by atoms with Crippen LogP contribution in [0.2, 0.25) is 10.0 Å². The van der Waals surface area contributed by atoms with Gasteiger partial charge in [0.25, 0.3) is 5.56 Å². The normalized spacial score (nSPS) is 11.7. The van der Waals surface area contributed by atoms with E-state index >= 15 is 0 Å². The van der Waals surface area contributed by atoms with Gasteiger partial charge >= 0.3 is 5.69 Å². The van der Waals surface area contributed by atoms with Crippen LogP contribution in [0.15, 0.2) is 58.3 Å². The Morgan fingerprint density at radius 1 is 1.09 bits per heavy atom. The number of rotatable bonds is 5. The molecule has 0 radical (unpaired) electrons. The predicted molar refractivity (Wildman–Crippen MR) is 130 cm³/mol. The molecule has 0 fully saturated rings. The van der Waals surface area contributed by atoms with Crippen molar-refractivity contribution in [2.75, 3.05) is 0 Å². The van der Waals surface area contributed by atoms with E-state index in [0.29, 0.717) is 27.2 Å². The fourth-order valence-corrected chi connectivity index (χ4v) is 5.73. The summed E-state index contributed by atoms with van der Waals surface area (Å²) in [5.41, 5.74) is 0.904. The Kier molecular flexibility index (Phi) is 6.27. The van der Waals surface area contributed by atoms with E-state index in [2.05, 4.69) is 10.1 Å². The van der Waals surface area contributed by atoms with Gasteiger partial charge < -0.3 is 0 Å². The molecular weight excluding hydrogens is 491 g/mol. The summed E-state index contributed by atoms with van der Waals surface area (Å²) in [5, 5.41) is 5.36. The van der Waals surface area contributed by atoms with E-state index in [0.717, 1.165) is 32.0 Å². The van der Waals surface area contributed by atoms with Crippen LogP contribution in [0.3, 0.4) is 0 Å². The van der Waals surface area contributed by atoms with Gasteiger partial charge in [0, 0.05) is 31.5 Å². The van der Waals surface area contributed by atoms with Crippen molar-refractivity contribution in [2.45, 2.75) is 25.1 Å². The van der Waals surface area contributed by atoms with E-state index in [4.69, 9.17) is 39.8 Å². The second-order valence-electron chi connectivity index (χ2n) is 7.55. The molecule has 0 aliphatic rings. The lowest BCUT2D eigenvalue weighted by atomic mass is 9.85. The molecule has 164 valence electrons. The Labute approximate surface area is 202 Å². The molecule has 2 aromatic carbocycles. The van der Waals surface area contributed by atoms with Crippen molar-refractivity contribution >= 4 is 46.1 Å². The molecule has 4 rings (SSSR count). The third kappa shape index (κ3) is 4.13. The van der Waals surface area contributed by atoms with Gasteiger partial charge in [0.2, 0.25) is 0 Å². The van der Waals surface area contributed by atoms with Gasteiger partial charge in [0.1, 0.15) is 11.2 Å². The highest BCUT2D eigenvalue weighted by Gasteiger charge is 2.33. The van der Waals surface area contributed by atoms with Crippen LogP contribution in [0.4, 0.5) is 0 Å². The Bertz CT molecular complexity index is 1390. The number of H-pyrrole nitrogens is 1. The largest absolute Gasteiger partial charge is 0.349 e. The summed E-state index contributed by atoms with van der Waals surface area (Å²) in [6, 6.07) is 13.0. The van der Waals surface area contributed by atoms with E-state index in [1.54, 1.807) is 12.1 Å². The van der Waals surface area contributed by atoms with Gasteiger partial charge in [-0.2, -0.15) is 9.78 Å². The molecule has 0 spiro atoms. The maximum atomic E-state index is 12.1. The summed E-state index contributed by atoms with van der Waals surface area (Å²) in [4.78, 5) is 31.4. The third-order valence-corrected chi connectivity index (χ3v) is 7.41. The molecule has 0 aliphatic carbocycles. The van der Waals surface area contributed by atoms with Gasteiger partial charge in [-0.15, -0.1) is 22.9 Å². The Morgan fingerprint density at radius 3 is 2.34 bits per heavy atom. The first-order valence-corrected chi connectivity index (χ1v) is 11.6. The topological polar surface area (TPSA) is 80.6 Å². The molecule has 32 heavy (non-hydrogen) atoms. The molecule has 0 bridgehead atoms. The van der Waals surface area contributed by atoms with Crippen LogP contribution in [-0.2, 0) is 11.3 Å². The number of nitrogens with zero attached hydrogens (tertiary/aromatic N) is 3. The average Bonchev–Trinajstić information content (AvgIpc) is 3.19. The van der Waals surface area contributed by atoms with Crippen molar-refractivity contribution in [1.29, 1.82) is 0 Å². The van der Waals surface area contributed by atoms with Gasteiger partial charge in [-0.1, -0.05) is 53.5 Å². The Morgan fingerprint density at radius 2 is 1.75 bits per heavy atom. The summed E-state index contributed by atoms with van der Waals surface area (Å²) in [5.74, 6) is 0.333. The lowest BCUT2D eigenvalue weighted by Gasteiger charge is -2.26. The first kappa shape index (κ1) is 22.7.